The van der Waals surface area contributed by atoms with Crippen molar-refractivity contribution >= 4 is 21.7 Å². The fourth-order valence-electron chi connectivity index (χ4n) is 3.31. The molecule has 35 heavy (non-hydrogen) atoms. The van der Waals surface area contributed by atoms with Crippen LogP contribution in [0.1, 0.15) is 35.3 Å². The Morgan fingerprint density at radius 2 is 1.60 bits per heavy atom. The first-order valence-corrected chi connectivity index (χ1v) is 12.2. The Morgan fingerprint density at radius 3 is 2.17 bits per heavy atom. The minimum Gasteiger partial charge on any atom is -0.487 e. The number of halogens is 3. The molecule has 186 valence electrons. The molecule has 10 heteroatoms. The molecule has 3 aromatic rings. The van der Waals surface area contributed by atoms with E-state index in [4.69, 9.17) is 9.47 Å². The van der Waals surface area contributed by atoms with Gasteiger partial charge >= 0.3 is 12.1 Å². The molecule has 0 N–H and O–H groups in total. The minimum atomic E-state index is -4.65. The van der Waals surface area contributed by atoms with E-state index in [0.29, 0.717) is 11.1 Å². The monoisotopic (exact) mass is 507 g/mol. The standard InChI is InChI=1S/C25H24F3NO5S/c1-3-29(35(31,32)21-8-6-5-7-9-21)22-15-14-20(25(26,27)28)16-23(22)34-17-18-10-12-19(13-11-18)24(30)33-4-2/h5-16H,3-4,17H2,1-2H3. The van der Waals surface area contributed by atoms with Gasteiger partial charge in [0.1, 0.15) is 12.4 Å². The van der Waals surface area contributed by atoms with Gasteiger partial charge < -0.3 is 9.47 Å². The number of benzene rings is 3. The molecule has 0 unspecified atom stereocenters. The highest BCUT2D eigenvalue weighted by atomic mass is 32.2. The quantitative estimate of drug-likeness (QED) is 0.349. The number of hydrogen-bond donors (Lipinski definition) is 0. The van der Waals surface area contributed by atoms with Crippen LogP contribution in [-0.2, 0) is 27.5 Å². The van der Waals surface area contributed by atoms with Gasteiger partial charge in [-0.1, -0.05) is 30.3 Å². The Kier molecular flexibility index (Phi) is 8.06. The van der Waals surface area contributed by atoms with Gasteiger partial charge in [-0.05, 0) is 61.9 Å². The van der Waals surface area contributed by atoms with Crippen molar-refractivity contribution in [2.45, 2.75) is 31.5 Å². The Morgan fingerprint density at radius 1 is 0.943 bits per heavy atom. The summed E-state index contributed by atoms with van der Waals surface area (Å²) in [6, 6.07) is 16.5. The molecule has 0 saturated carbocycles. The van der Waals surface area contributed by atoms with Gasteiger partial charge in [-0.15, -0.1) is 0 Å². The maximum Gasteiger partial charge on any atom is 0.416 e. The van der Waals surface area contributed by atoms with Gasteiger partial charge in [-0.2, -0.15) is 13.2 Å². The van der Waals surface area contributed by atoms with E-state index in [9.17, 15) is 26.4 Å². The molecule has 0 fully saturated rings. The van der Waals surface area contributed by atoms with E-state index in [1.54, 1.807) is 44.2 Å². The van der Waals surface area contributed by atoms with E-state index in [-0.39, 0.29) is 36.1 Å². The molecule has 3 rings (SSSR count). The van der Waals surface area contributed by atoms with E-state index in [1.807, 2.05) is 0 Å². The summed E-state index contributed by atoms with van der Waals surface area (Å²) in [4.78, 5) is 11.8. The van der Waals surface area contributed by atoms with Crippen molar-refractivity contribution in [1.29, 1.82) is 0 Å². The van der Waals surface area contributed by atoms with Gasteiger partial charge in [-0.3, -0.25) is 4.31 Å². The second-order valence-electron chi connectivity index (χ2n) is 7.37. The summed E-state index contributed by atoms with van der Waals surface area (Å²) >= 11 is 0. The molecule has 3 aromatic carbocycles. The largest absolute Gasteiger partial charge is 0.487 e. The number of rotatable bonds is 9. The third-order valence-electron chi connectivity index (χ3n) is 5.03. The van der Waals surface area contributed by atoms with E-state index < -0.39 is 27.7 Å². The van der Waals surface area contributed by atoms with E-state index in [2.05, 4.69) is 0 Å². The number of nitrogens with zero attached hydrogens (tertiary/aromatic N) is 1. The number of carbonyl (C=O) groups is 1. The lowest BCUT2D eigenvalue weighted by Gasteiger charge is -2.26. The first-order chi connectivity index (χ1) is 16.6. The molecule has 0 saturated heterocycles. The summed E-state index contributed by atoms with van der Waals surface area (Å²) in [7, 11) is -4.06. The fraction of sp³-hybridized carbons (Fsp3) is 0.240. The van der Waals surface area contributed by atoms with Gasteiger partial charge in [0, 0.05) is 6.54 Å². The van der Waals surface area contributed by atoms with Crippen molar-refractivity contribution in [2.24, 2.45) is 0 Å². The lowest BCUT2D eigenvalue weighted by atomic mass is 10.1. The first-order valence-electron chi connectivity index (χ1n) is 10.8. The van der Waals surface area contributed by atoms with Crippen LogP contribution in [0.2, 0.25) is 0 Å². The minimum absolute atomic E-state index is 0.00209. The summed E-state index contributed by atoms with van der Waals surface area (Å²) in [6.07, 6.45) is -4.65. The Hall–Kier alpha value is -3.53. The summed E-state index contributed by atoms with van der Waals surface area (Å²) in [5, 5.41) is 0. The third kappa shape index (κ3) is 6.13. The van der Waals surface area contributed by atoms with Gasteiger partial charge in [0.25, 0.3) is 10.0 Å². The molecule has 0 aliphatic heterocycles. The lowest BCUT2D eigenvalue weighted by molar-refractivity contribution is -0.137. The normalized spacial score (nSPS) is 11.7. The van der Waals surface area contributed by atoms with E-state index in [0.717, 1.165) is 22.5 Å². The second-order valence-corrected chi connectivity index (χ2v) is 9.23. The lowest BCUT2D eigenvalue weighted by Crippen LogP contribution is -2.31. The zero-order valence-corrected chi connectivity index (χ0v) is 19.9. The SMILES string of the molecule is CCOC(=O)c1ccc(COc2cc(C(F)(F)F)ccc2N(CC)S(=O)(=O)c2ccccc2)cc1. The topological polar surface area (TPSA) is 72.9 Å². The molecule has 0 atom stereocenters. The molecule has 0 spiro atoms. The zero-order valence-electron chi connectivity index (χ0n) is 19.1. The second kappa shape index (κ2) is 10.8. The molecule has 0 aliphatic rings. The van der Waals surface area contributed by atoms with Crippen LogP contribution in [0.25, 0.3) is 0 Å². The van der Waals surface area contributed by atoms with Crippen molar-refractivity contribution in [3.05, 3.63) is 89.5 Å². The summed E-state index contributed by atoms with van der Waals surface area (Å²) in [6.45, 7) is 3.30. The smallest absolute Gasteiger partial charge is 0.416 e. The van der Waals surface area contributed by atoms with Crippen LogP contribution >= 0.6 is 0 Å². The van der Waals surface area contributed by atoms with Crippen LogP contribution in [0.5, 0.6) is 5.75 Å². The predicted octanol–water partition coefficient (Wildman–Crippen LogP) is 5.68. The highest BCUT2D eigenvalue weighted by Crippen LogP contribution is 2.39. The van der Waals surface area contributed by atoms with Crippen molar-refractivity contribution in [1.82, 2.24) is 0 Å². The number of carbonyl (C=O) groups excluding carboxylic acids is 1. The average Bonchev–Trinajstić information content (AvgIpc) is 2.84. The zero-order chi connectivity index (χ0) is 25.6. The van der Waals surface area contributed by atoms with Crippen LogP contribution in [0.3, 0.4) is 0 Å². The Balaban J connectivity index is 1.95. The number of ether oxygens (including phenoxy) is 2. The van der Waals surface area contributed by atoms with Crippen molar-refractivity contribution < 1.29 is 35.9 Å². The van der Waals surface area contributed by atoms with E-state index in [1.165, 1.54) is 24.3 Å². The van der Waals surface area contributed by atoms with Crippen LogP contribution in [0, 0.1) is 0 Å². The Labute approximate surface area is 202 Å². The maximum absolute atomic E-state index is 13.4. The first kappa shape index (κ1) is 26.1. The summed E-state index contributed by atoms with van der Waals surface area (Å²) in [5.74, 6) is -0.736. The van der Waals surface area contributed by atoms with E-state index >= 15 is 0 Å². The maximum atomic E-state index is 13.4. The number of hydrogen-bond acceptors (Lipinski definition) is 5. The summed E-state index contributed by atoms with van der Waals surface area (Å²) in [5.41, 5.74) is -0.105. The highest BCUT2D eigenvalue weighted by molar-refractivity contribution is 7.92. The van der Waals surface area contributed by atoms with Crippen LogP contribution < -0.4 is 9.04 Å². The molecule has 6 nitrogen and oxygen atoms in total. The molecular formula is C25H24F3NO5S. The fourth-order valence-corrected chi connectivity index (χ4v) is 4.82. The van der Waals surface area contributed by atoms with Crippen LogP contribution in [0.4, 0.5) is 18.9 Å². The third-order valence-corrected chi connectivity index (χ3v) is 6.94. The summed E-state index contributed by atoms with van der Waals surface area (Å²) < 4.78 is 78.3. The molecule has 0 amide bonds. The Bertz CT molecular complexity index is 1260. The molecular weight excluding hydrogens is 483 g/mol. The highest BCUT2D eigenvalue weighted by Gasteiger charge is 2.33. The molecule has 0 aromatic heterocycles. The van der Waals surface area contributed by atoms with Crippen molar-refractivity contribution in [2.75, 3.05) is 17.5 Å². The molecule has 0 aliphatic carbocycles. The van der Waals surface area contributed by atoms with Crippen LogP contribution in [0.15, 0.2) is 77.7 Å². The number of sulfonamides is 1. The van der Waals surface area contributed by atoms with Gasteiger partial charge in [0.15, 0.2) is 0 Å². The number of anilines is 1. The van der Waals surface area contributed by atoms with Gasteiger partial charge in [-0.25, -0.2) is 13.2 Å². The predicted molar refractivity (Wildman–Crippen MR) is 125 cm³/mol. The molecule has 0 radical (unpaired) electrons. The molecule has 0 bridgehead atoms. The number of alkyl halides is 3. The molecule has 0 heterocycles. The van der Waals surface area contributed by atoms with Crippen molar-refractivity contribution in [3.63, 3.8) is 0 Å². The average molecular weight is 508 g/mol. The van der Waals surface area contributed by atoms with Gasteiger partial charge in [0.05, 0.1) is 28.3 Å². The number of esters is 1. The van der Waals surface area contributed by atoms with Crippen molar-refractivity contribution in [3.8, 4) is 5.75 Å². The van der Waals surface area contributed by atoms with Crippen LogP contribution in [-0.4, -0.2) is 27.5 Å². The van der Waals surface area contributed by atoms with Gasteiger partial charge in [0.2, 0.25) is 0 Å².